The summed E-state index contributed by atoms with van der Waals surface area (Å²) < 4.78 is 46.9. The van der Waals surface area contributed by atoms with Crippen molar-refractivity contribution in [2.45, 2.75) is 35.7 Å². The molecule has 3 aromatic rings. The van der Waals surface area contributed by atoms with E-state index in [1.807, 2.05) is 0 Å². The van der Waals surface area contributed by atoms with Crippen LogP contribution >= 0.6 is 11.6 Å². The largest absolute Gasteiger partial charge is 0.453 e. The molecule has 1 atom stereocenters. The second kappa shape index (κ2) is 10.00. The van der Waals surface area contributed by atoms with E-state index in [0.717, 1.165) is 18.9 Å². The van der Waals surface area contributed by atoms with Gasteiger partial charge in [0.1, 0.15) is 5.82 Å². The van der Waals surface area contributed by atoms with Crippen molar-refractivity contribution in [2.75, 3.05) is 30.9 Å². The van der Waals surface area contributed by atoms with E-state index >= 15 is 4.39 Å². The molecule has 0 spiro atoms. The Morgan fingerprint density at radius 3 is 2.68 bits per heavy atom. The number of sulfone groups is 1. The van der Waals surface area contributed by atoms with Crippen LogP contribution in [0.5, 0.6) is 0 Å². The predicted molar refractivity (Wildman–Crippen MR) is 146 cm³/mol. The number of carbonyl (C=O) groups excluding carboxylic acids is 2. The number of hydrogen-bond acceptors (Lipinski definition) is 9. The first-order valence-electron chi connectivity index (χ1n) is 12.9. The molecule has 7 rings (SSSR count). The number of ether oxygens (including phenoxy) is 1. The fraction of sp³-hybridized carbons (Fsp3) is 0.370. The number of nitrogens with two attached hydrogens (primary N) is 1. The van der Waals surface area contributed by atoms with Crippen molar-refractivity contribution in [3.05, 3.63) is 64.7 Å². The minimum atomic E-state index is -4.11. The summed E-state index contributed by atoms with van der Waals surface area (Å²) >= 11 is 6.00. The van der Waals surface area contributed by atoms with Crippen molar-refractivity contribution in [1.29, 1.82) is 0 Å². The van der Waals surface area contributed by atoms with Gasteiger partial charge in [0.15, 0.2) is 15.7 Å². The minimum Gasteiger partial charge on any atom is -0.453 e. The Morgan fingerprint density at radius 2 is 1.98 bits per heavy atom. The molecule has 2 aromatic carbocycles. The standard InChI is InChI=1S/C27H26ClFN6O5S/c1-40-26(37)34-11-16-8-27(9-16,14-34)23-10-31-33-24(32-23)18-6-21-22(7-19(18)29)41(38,39)13-20(30)25(36)35(21)12-15-2-4-17(28)5-3-15/h2-7,10,16,20H,8-9,11-14,30H2,1H3/t16?,20-,27?/m0/s1. The lowest BCUT2D eigenvalue weighted by atomic mass is 9.57. The topological polar surface area (TPSA) is 149 Å². The maximum atomic E-state index is 15.6. The summed E-state index contributed by atoms with van der Waals surface area (Å²) in [5, 5.41) is 8.61. The molecule has 14 heteroatoms. The Labute approximate surface area is 240 Å². The average molecular weight is 601 g/mol. The number of rotatable bonds is 4. The van der Waals surface area contributed by atoms with Crippen molar-refractivity contribution in [3.63, 3.8) is 0 Å². The monoisotopic (exact) mass is 600 g/mol. The van der Waals surface area contributed by atoms with E-state index in [0.29, 0.717) is 29.4 Å². The molecule has 2 amide bonds. The fourth-order valence-corrected chi connectivity index (χ4v) is 7.80. The number of piperidine rings is 2. The number of benzene rings is 2. The highest BCUT2D eigenvalue weighted by Gasteiger charge is 2.53. The smallest absolute Gasteiger partial charge is 0.409 e. The molecule has 41 heavy (non-hydrogen) atoms. The Balaban J connectivity index is 1.43. The first-order valence-corrected chi connectivity index (χ1v) is 14.9. The second-order valence-electron chi connectivity index (χ2n) is 10.8. The molecule has 4 heterocycles. The summed E-state index contributed by atoms with van der Waals surface area (Å²) in [4.78, 5) is 32.7. The van der Waals surface area contributed by atoms with Crippen LogP contribution in [0, 0.1) is 11.7 Å². The van der Waals surface area contributed by atoms with Gasteiger partial charge in [0.05, 0.1) is 53.5 Å². The summed E-state index contributed by atoms with van der Waals surface area (Å²) in [5.74, 6) is -1.96. The van der Waals surface area contributed by atoms with Crippen LogP contribution in [0.3, 0.4) is 0 Å². The third-order valence-electron chi connectivity index (χ3n) is 8.02. The van der Waals surface area contributed by atoms with Gasteiger partial charge in [0, 0.05) is 23.5 Å². The molecule has 2 saturated heterocycles. The fourth-order valence-electron chi connectivity index (χ4n) is 6.10. The molecular formula is C27H26ClFN6O5S. The quantitative estimate of drug-likeness (QED) is 0.477. The highest BCUT2D eigenvalue weighted by Crippen LogP contribution is 2.51. The molecule has 0 unspecified atom stereocenters. The number of amides is 2. The second-order valence-corrected chi connectivity index (χ2v) is 13.2. The maximum absolute atomic E-state index is 15.6. The normalized spacial score (nSPS) is 24.7. The van der Waals surface area contributed by atoms with Gasteiger partial charge in [-0.15, -0.1) is 5.10 Å². The molecular weight excluding hydrogens is 575 g/mol. The van der Waals surface area contributed by atoms with Crippen LogP contribution in [0.4, 0.5) is 14.9 Å². The Bertz CT molecular complexity index is 1670. The molecule has 3 aliphatic heterocycles. The lowest BCUT2D eigenvalue weighted by Crippen LogP contribution is -2.60. The van der Waals surface area contributed by atoms with E-state index in [1.54, 1.807) is 29.2 Å². The Morgan fingerprint density at radius 1 is 1.24 bits per heavy atom. The van der Waals surface area contributed by atoms with Gasteiger partial charge in [-0.05, 0) is 48.6 Å². The van der Waals surface area contributed by atoms with E-state index in [9.17, 15) is 18.0 Å². The van der Waals surface area contributed by atoms with Crippen LogP contribution in [0.2, 0.25) is 5.02 Å². The summed E-state index contributed by atoms with van der Waals surface area (Å²) in [5.41, 5.74) is 6.58. The molecule has 3 fully saturated rings. The van der Waals surface area contributed by atoms with Gasteiger partial charge in [0.2, 0.25) is 5.91 Å². The Hall–Kier alpha value is -3.68. The summed E-state index contributed by atoms with van der Waals surface area (Å²) in [7, 11) is -2.79. The predicted octanol–water partition coefficient (Wildman–Crippen LogP) is 2.71. The lowest BCUT2D eigenvalue weighted by molar-refractivity contribution is -0.119. The number of fused-ring (bicyclic) bond motifs is 3. The minimum absolute atomic E-state index is 0.0235. The van der Waals surface area contributed by atoms with Crippen molar-refractivity contribution in [3.8, 4) is 11.4 Å². The number of anilines is 1. The number of aromatic nitrogens is 3. The average Bonchev–Trinajstić information content (AvgIpc) is 3.01. The zero-order chi connectivity index (χ0) is 29.1. The summed E-state index contributed by atoms with van der Waals surface area (Å²) in [6.07, 6.45) is 2.64. The van der Waals surface area contributed by atoms with E-state index in [1.165, 1.54) is 24.3 Å². The van der Waals surface area contributed by atoms with Crippen molar-refractivity contribution in [1.82, 2.24) is 20.1 Å². The summed E-state index contributed by atoms with van der Waals surface area (Å²) in [6, 6.07) is 7.50. The molecule has 11 nitrogen and oxygen atoms in total. The van der Waals surface area contributed by atoms with Crippen molar-refractivity contribution < 1.29 is 27.1 Å². The third-order valence-corrected chi connectivity index (χ3v) is 10.1. The molecule has 214 valence electrons. The van der Waals surface area contributed by atoms with Gasteiger partial charge in [0.25, 0.3) is 0 Å². The van der Waals surface area contributed by atoms with Crippen LogP contribution in [0.15, 0.2) is 47.5 Å². The zero-order valence-electron chi connectivity index (χ0n) is 22.0. The van der Waals surface area contributed by atoms with Gasteiger partial charge >= 0.3 is 6.09 Å². The number of halogens is 2. The van der Waals surface area contributed by atoms with E-state index in [-0.39, 0.29) is 34.4 Å². The van der Waals surface area contributed by atoms with Crippen molar-refractivity contribution in [2.24, 2.45) is 11.7 Å². The molecule has 2 bridgehead atoms. The molecule has 1 aromatic heterocycles. The van der Waals surface area contributed by atoms with Crippen LogP contribution in [-0.4, -0.2) is 72.5 Å². The van der Waals surface area contributed by atoms with Crippen molar-refractivity contribution >= 4 is 39.1 Å². The molecule has 1 saturated carbocycles. The van der Waals surface area contributed by atoms with Crippen LogP contribution in [0.1, 0.15) is 24.1 Å². The van der Waals surface area contributed by atoms with Gasteiger partial charge in [-0.2, -0.15) is 5.10 Å². The number of hydrogen-bond donors (Lipinski definition) is 1. The zero-order valence-corrected chi connectivity index (χ0v) is 23.5. The molecule has 0 radical (unpaired) electrons. The van der Waals surface area contributed by atoms with Gasteiger partial charge in [-0.3, -0.25) is 4.79 Å². The van der Waals surface area contributed by atoms with Gasteiger partial charge < -0.3 is 20.3 Å². The van der Waals surface area contributed by atoms with Gasteiger partial charge in [-0.1, -0.05) is 23.7 Å². The first-order chi connectivity index (χ1) is 19.5. The van der Waals surface area contributed by atoms with E-state index in [2.05, 4.69) is 15.2 Å². The maximum Gasteiger partial charge on any atom is 0.409 e. The van der Waals surface area contributed by atoms with E-state index < -0.39 is 44.9 Å². The highest BCUT2D eigenvalue weighted by atomic mass is 35.5. The van der Waals surface area contributed by atoms with E-state index in [4.69, 9.17) is 22.1 Å². The molecule has 1 aliphatic carbocycles. The number of carbonyl (C=O) groups is 2. The highest BCUT2D eigenvalue weighted by molar-refractivity contribution is 7.91. The third kappa shape index (κ3) is 4.81. The first kappa shape index (κ1) is 27.5. The lowest BCUT2D eigenvalue weighted by Gasteiger charge is -2.55. The van der Waals surface area contributed by atoms with Crippen LogP contribution < -0.4 is 10.6 Å². The summed E-state index contributed by atoms with van der Waals surface area (Å²) in [6.45, 7) is 0.943. The van der Waals surface area contributed by atoms with Crippen LogP contribution in [0.25, 0.3) is 11.4 Å². The SMILES string of the molecule is COC(=O)N1CC2CC(c3cnnc(-c4cc5c(cc4F)S(=O)(=O)C[C@H](N)C(=O)N5Cc4ccc(Cl)cc4)n3)(C2)C1. The van der Waals surface area contributed by atoms with Crippen LogP contribution in [-0.2, 0) is 31.3 Å². The number of methoxy groups -OCH3 is 1. The molecule has 2 N–H and O–H groups in total. The van der Waals surface area contributed by atoms with Gasteiger partial charge in [-0.25, -0.2) is 22.6 Å². The number of nitrogens with zero attached hydrogens (tertiary/aromatic N) is 5. The Kier molecular flexibility index (Phi) is 6.70. The molecule has 4 aliphatic rings.